The average molecular weight is 268 g/mol. The number of hydrogen-bond acceptors (Lipinski definition) is 4. The number of amides is 1. The summed E-state index contributed by atoms with van der Waals surface area (Å²) in [5.74, 6) is 0.0814. The van der Waals surface area contributed by atoms with Crippen molar-refractivity contribution in [1.29, 1.82) is 0 Å². The molecule has 100 valence electrons. The lowest BCUT2D eigenvalue weighted by molar-refractivity contribution is -0.124. The van der Waals surface area contributed by atoms with Gasteiger partial charge >= 0.3 is 0 Å². The van der Waals surface area contributed by atoms with E-state index in [9.17, 15) is 4.79 Å². The van der Waals surface area contributed by atoms with Crippen molar-refractivity contribution < 1.29 is 9.53 Å². The van der Waals surface area contributed by atoms with Crippen molar-refractivity contribution >= 4 is 17.2 Å². The van der Waals surface area contributed by atoms with E-state index in [-0.39, 0.29) is 12.0 Å². The van der Waals surface area contributed by atoms with E-state index in [1.165, 1.54) is 10.4 Å². The summed E-state index contributed by atoms with van der Waals surface area (Å²) in [5.41, 5.74) is 1.31. The van der Waals surface area contributed by atoms with Gasteiger partial charge in [-0.3, -0.25) is 4.79 Å². The van der Waals surface area contributed by atoms with Crippen LogP contribution in [0.4, 0.5) is 0 Å². The molecule has 18 heavy (non-hydrogen) atoms. The van der Waals surface area contributed by atoms with Gasteiger partial charge in [0, 0.05) is 24.5 Å². The summed E-state index contributed by atoms with van der Waals surface area (Å²) < 4.78 is 5.50. The second-order valence-electron chi connectivity index (χ2n) is 4.53. The molecule has 1 amide bonds. The third-order valence-electron chi connectivity index (χ3n) is 3.06. The van der Waals surface area contributed by atoms with Gasteiger partial charge in [-0.05, 0) is 30.4 Å². The van der Waals surface area contributed by atoms with Crippen LogP contribution in [0, 0.1) is 6.92 Å². The van der Waals surface area contributed by atoms with Gasteiger partial charge in [-0.25, -0.2) is 0 Å². The van der Waals surface area contributed by atoms with Crippen molar-refractivity contribution in [1.82, 2.24) is 10.6 Å². The van der Waals surface area contributed by atoms with Crippen molar-refractivity contribution in [3.05, 3.63) is 21.9 Å². The molecule has 1 saturated heterocycles. The Kier molecular flexibility index (Phi) is 5.16. The molecule has 5 heteroatoms. The SMILES string of the molecule is Cc1ccsc1CCNC(=O)C[C@H]1CNCCO1. The molecule has 0 radical (unpaired) electrons. The van der Waals surface area contributed by atoms with E-state index < -0.39 is 0 Å². The predicted octanol–water partition coefficient (Wildman–Crippen LogP) is 1.09. The van der Waals surface area contributed by atoms with Gasteiger partial charge in [0.1, 0.15) is 0 Å². The molecule has 2 heterocycles. The number of ether oxygens (including phenoxy) is 1. The minimum atomic E-state index is 0.0298. The highest BCUT2D eigenvalue weighted by Gasteiger charge is 2.16. The first-order chi connectivity index (χ1) is 8.75. The molecule has 0 unspecified atom stereocenters. The highest BCUT2D eigenvalue weighted by molar-refractivity contribution is 7.10. The fraction of sp³-hybridized carbons (Fsp3) is 0.615. The lowest BCUT2D eigenvalue weighted by atomic mass is 10.2. The van der Waals surface area contributed by atoms with Gasteiger partial charge in [-0.1, -0.05) is 0 Å². The number of carbonyl (C=O) groups excluding carboxylic acids is 1. The van der Waals surface area contributed by atoms with Crippen LogP contribution in [0.15, 0.2) is 11.4 Å². The van der Waals surface area contributed by atoms with Crippen molar-refractivity contribution in [3.63, 3.8) is 0 Å². The lowest BCUT2D eigenvalue weighted by Crippen LogP contribution is -2.41. The molecule has 1 aliphatic heterocycles. The van der Waals surface area contributed by atoms with Crippen LogP contribution < -0.4 is 10.6 Å². The number of thiophene rings is 1. The van der Waals surface area contributed by atoms with Crippen LogP contribution in [0.25, 0.3) is 0 Å². The summed E-state index contributed by atoms with van der Waals surface area (Å²) in [5, 5.41) is 8.27. The quantitative estimate of drug-likeness (QED) is 0.840. The van der Waals surface area contributed by atoms with E-state index in [1.807, 2.05) is 0 Å². The Balaban J connectivity index is 1.64. The maximum Gasteiger partial charge on any atom is 0.222 e. The van der Waals surface area contributed by atoms with Crippen LogP contribution in [0.5, 0.6) is 0 Å². The smallest absolute Gasteiger partial charge is 0.222 e. The van der Waals surface area contributed by atoms with Crippen molar-refractivity contribution in [3.8, 4) is 0 Å². The van der Waals surface area contributed by atoms with Crippen LogP contribution in [0.2, 0.25) is 0 Å². The molecular formula is C13H20N2O2S. The molecular weight excluding hydrogens is 248 g/mol. The first-order valence-electron chi connectivity index (χ1n) is 6.37. The highest BCUT2D eigenvalue weighted by atomic mass is 32.1. The van der Waals surface area contributed by atoms with Crippen LogP contribution in [-0.2, 0) is 16.0 Å². The van der Waals surface area contributed by atoms with E-state index in [1.54, 1.807) is 11.3 Å². The molecule has 4 nitrogen and oxygen atoms in total. The van der Waals surface area contributed by atoms with Crippen LogP contribution in [0.1, 0.15) is 16.9 Å². The summed E-state index contributed by atoms with van der Waals surface area (Å²) in [7, 11) is 0. The highest BCUT2D eigenvalue weighted by Crippen LogP contribution is 2.15. The molecule has 0 aromatic carbocycles. The molecule has 1 aromatic heterocycles. The predicted molar refractivity (Wildman–Crippen MR) is 73.0 cm³/mol. The Morgan fingerprint density at radius 2 is 2.56 bits per heavy atom. The third kappa shape index (κ3) is 4.08. The number of rotatable bonds is 5. The molecule has 1 aromatic rings. The number of hydrogen-bond donors (Lipinski definition) is 2. The molecule has 0 aliphatic carbocycles. The van der Waals surface area contributed by atoms with Crippen LogP contribution in [-0.4, -0.2) is 38.3 Å². The maximum absolute atomic E-state index is 11.7. The number of carbonyl (C=O) groups is 1. The van der Waals surface area contributed by atoms with Gasteiger partial charge in [0.15, 0.2) is 0 Å². The van der Waals surface area contributed by atoms with E-state index in [0.717, 1.165) is 19.5 Å². The standard InChI is InChI=1S/C13H20N2O2S/c1-10-3-7-18-12(10)2-4-15-13(16)8-11-9-14-5-6-17-11/h3,7,11,14H,2,4-6,8-9H2,1H3,(H,15,16)/t11-/m0/s1. The monoisotopic (exact) mass is 268 g/mol. The Bertz CT molecular complexity index is 386. The van der Waals surface area contributed by atoms with Crippen molar-refractivity contribution in [2.75, 3.05) is 26.2 Å². The van der Waals surface area contributed by atoms with E-state index in [2.05, 4.69) is 29.0 Å². The van der Waals surface area contributed by atoms with E-state index in [0.29, 0.717) is 19.6 Å². The molecule has 0 saturated carbocycles. The topological polar surface area (TPSA) is 50.4 Å². The van der Waals surface area contributed by atoms with E-state index >= 15 is 0 Å². The van der Waals surface area contributed by atoms with Gasteiger partial charge in [0.05, 0.1) is 19.1 Å². The normalized spacial score (nSPS) is 19.7. The van der Waals surface area contributed by atoms with Crippen molar-refractivity contribution in [2.45, 2.75) is 25.9 Å². The number of nitrogens with one attached hydrogen (secondary N) is 2. The zero-order valence-electron chi connectivity index (χ0n) is 10.7. The minimum Gasteiger partial charge on any atom is -0.375 e. The molecule has 0 bridgehead atoms. The zero-order valence-corrected chi connectivity index (χ0v) is 11.5. The fourth-order valence-electron chi connectivity index (χ4n) is 2.01. The summed E-state index contributed by atoms with van der Waals surface area (Å²) in [4.78, 5) is 13.1. The molecule has 0 spiro atoms. The molecule has 2 rings (SSSR count). The van der Waals surface area contributed by atoms with Gasteiger partial charge in [-0.2, -0.15) is 0 Å². The lowest BCUT2D eigenvalue weighted by Gasteiger charge is -2.23. The fourth-order valence-corrected chi connectivity index (χ4v) is 2.92. The van der Waals surface area contributed by atoms with E-state index in [4.69, 9.17) is 4.74 Å². The molecule has 2 N–H and O–H groups in total. The number of morpholine rings is 1. The zero-order chi connectivity index (χ0) is 12.8. The Labute approximate surface area is 112 Å². The van der Waals surface area contributed by atoms with Crippen LogP contribution >= 0.6 is 11.3 Å². The minimum absolute atomic E-state index is 0.0298. The summed E-state index contributed by atoms with van der Waals surface area (Å²) in [6, 6.07) is 2.11. The summed E-state index contributed by atoms with van der Waals surface area (Å²) >= 11 is 1.75. The first-order valence-corrected chi connectivity index (χ1v) is 7.25. The van der Waals surface area contributed by atoms with Gasteiger partial charge < -0.3 is 15.4 Å². The Morgan fingerprint density at radius 3 is 3.22 bits per heavy atom. The Hall–Kier alpha value is -0.910. The second-order valence-corrected chi connectivity index (χ2v) is 5.53. The second kappa shape index (κ2) is 6.87. The van der Waals surface area contributed by atoms with Gasteiger partial charge in [0.25, 0.3) is 0 Å². The maximum atomic E-state index is 11.7. The van der Waals surface area contributed by atoms with Gasteiger partial charge in [0.2, 0.25) is 5.91 Å². The average Bonchev–Trinajstić information content (AvgIpc) is 2.76. The third-order valence-corrected chi connectivity index (χ3v) is 4.14. The molecule has 1 aliphatic rings. The van der Waals surface area contributed by atoms with Crippen molar-refractivity contribution in [2.24, 2.45) is 0 Å². The molecule has 1 atom stereocenters. The summed E-state index contributed by atoms with van der Waals surface area (Å²) in [6.07, 6.45) is 1.40. The van der Waals surface area contributed by atoms with Crippen LogP contribution in [0.3, 0.4) is 0 Å². The molecule has 1 fully saturated rings. The largest absolute Gasteiger partial charge is 0.375 e. The first kappa shape index (κ1) is 13.5. The van der Waals surface area contributed by atoms with Gasteiger partial charge in [-0.15, -0.1) is 11.3 Å². The summed E-state index contributed by atoms with van der Waals surface area (Å²) in [6.45, 7) is 5.18. The Morgan fingerprint density at radius 1 is 1.67 bits per heavy atom. The number of aryl methyl sites for hydroxylation is 1.